The summed E-state index contributed by atoms with van der Waals surface area (Å²) in [7, 11) is 1.80. The van der Waals surface area contributed by atoms with Gasteiger partial charge in [-0.1, -0.05) is 0 Å². The number of aromatic amines is 1. The van der Waals surface area contributed by atoms with Crippen molar-refractivity contribution in [2.45, 2.75) is 45.3 Å². The van der Waals surface area contributed by atoms with Crippen molar-refractivity contribution >= 4 is 40.8 Å². The Bertz CT molecular complexity index is 972. The average molecular weight is 411 g/mol. The molecule has 0 aromatic carbocycles. The van der Waals surface area contributed by atoms with Crippen molar-refractivity contribution in [2.24, 2.45) is 0 Å². The van der Waals surface area contributed by atoms with Crippen molar-refractivity contribution in [1.29, 1.82) is 10.8 Å². The first kappa shape index (κ1) is 21.5. The van der Waals surface area contributed by atoms with Gasteiger partial charge < -0.3 is 30.3 Å². The molecule has 8 heteroatoms. The molecule has 3 N–H and O–H groups in total. The number of carbonyl (C=O) groups is 1. The van der Waals surface area contributed by atoms with E-state index in [4.69, 9.17) is 15.6 Å². The van der Waals surface area contributed by atoms with Crippen molar-refractivity contribution < 1.29 is 9.53 Å². The van der Waals surface area contributed by atoms with E-state index in [9.17, 15) is 4.79 Å². The second-order valence-corrected chi connectivity index (χ2v) is 8.52. The van der Waals surface area contributed by atoms with Crippen LogP contribution in [-0.2, 0) is 4.74 Å². The molecule has 0 bridgehead atoms. The smallest absolute Gasteiger partial charge is 0.410 e. The Hall–Kier alpha value is -3.16. The molecule has 0 saturated carbocycles. The second kappa shape index (κ2) is 8.69. The van der Waals surface area contributed by atoms with Crippen molar-refractivity contribution in [3.63, 3.8) is 0 Å². The van der Waals surface area contributed by atoms with Crippen LogP contribution in [-0.4, -0.2) is 65.2 Å². The van der Waals surface area contributed by atoms with Gasteiger partial charge in [-0.05, 0) is 45.8 Å². The van der Waals surface area contributed by atoms with Gasteiger partial charge in [0.2, 0.25) is 0 Å². The Morgan fingerprint density at radius 2 is 2.17 bits per heavy atom. The third-order valence-electron chi connectivity index (χ3n) is 5.25. The highest BCUT2D eigenvalue weighted by Crippen LogP contribution is 2.34. The molecule has 1 saturated heterocycles. The zero-order chi connectivity index (χ0) is 21.9. The lowest BCUT2D eigenvalue weighted by Crippen LogP contribution is -2.49. The number of allylic oxidation sites excluding steroid dienone is 2. The Morgan fingerprint density at radius 1 is 1.40 bits per heavy atom. The molecule has 1 atom stereocenters. The maximum Gasteiger partial charge on any atom is 0.410 e. The maximum atomic E-state index is 12.5. The molecule has 0 unspecified atom stereocenters. The summed E-state index contributed by atoms with van der Waals surface area (Å²) in [6.45, 7) is 7.17. The fourth-order valence-electron chi connectivity index (χ4n) is 3.81. The first-order chi connectivity index (χ1) is 14.2. The minimum atomic E-state index is -0.526. The number of piperidine rings is 1. The number of carbonyl (C=O) groups excluding carboxylic acids is 1. The van der Waals surface area contributed by atoms with Crippen LogP contribution in [0.25, 0.3) is 16.6 Å². The summed E-state index contributed by atoms with van der Waals surface area (Å²) in [5.74, 6) is 0. The first-order valence-electron chi connectivity index (χ1n) is 10.1. The second-order valence-electron chi connectivity index (χ2n) is 8.52. The highest BCUT2D eigenvalue weighted by atomic mass is 16.6. The van der Waals surface area contributed by atoms with Crippen LogP contribution < -0.4 is 4.90 Å². The molecule has 3 heterocycles. The number of anilines is 1. The molecule has 3 rings (SSSR count). The number of nitrogens with one attached hydrogen (secondary N) is 3. The SMILES string of the molecule is CN(C(=O)OC(C)(C)C)[C@H]1CCCN(c2ccnc3[nH]cc(/C(C=N)=C/C=N)c23)C1. The lowest BCUT2D eigenvalue weighted by molar-refractivity contribution is 0.0210. The quantitative estimate of drug-likeness (QED) is 0.645. The standard InChI is InChI=1S/C22H30N6O2/c1-22(2,3)30-21(29)27(4)16-6-5-11-28(14-16)18-8-10-25-20-19(18)17(13-26-20)15(12-24)7-9-23/h7-10,12-13,16,23-24H,5-6,11,14H2,1-4H3,(H,25,26)/b15-7+,23-9?,24-12?/t16-/m0/s1. The number of hydrogen-bond donors (Lipinski definition) is 3. The van der Waals surface area contributed by atoms with E-state index in [1.54, 1.807) is 24.2 Å². The molecule has 0 aliphatic carbocycles. The minimum Gasteiger partial charge on any atom is -0.444 e. The number of rotatable bonds is 5. The molecule has 160 valence electrons. The lowest BCUT2D eigenvalue weighted by atomic mass is 10.0. The van der Waals surface area contributed by atoms with Crippen LogP contribution >= 0.6 is 0 Å². The number of pyridine rings is 1. The first-order valence-corrected chi connectivity index (χ1v) is 10.1. The summed E-state index contributed by atoms with van der Waals surface area (Å²) >= 11 is 0. The third kappa shape index (κ3) is 4.53. The van der Waals surface area contributed by atoms with Gasteiger partial charge in [0.05, 0.1) is 6.04 Å². The van der Waals surface area contributed by atoms with Crippen LogP contribution in [0, 0.1) is 10.8 Å². The summed E-state index contributed by atoms with van der Waals surface area (Å²) in [5.41, 5.74) is 2.71. The van der Waals surface area contributed by atoms with E-state index >= 15 is 0 Å². The van der Waals surface area contributed by atoms with Crippen LogP contribution in [0.1, 0.15) is 39.2 Å². The number of likely N-dealkylation sites (N-methyl/N-ethyl adjacent to an activating group) is 1. The zero-order valence-corrected chi connectivity index (χ0v) is 18.0. The molecule has 1 fully saturated rings. The molecular formula is C22H30N6O2. The molecule has 30 heavy (non-hydrogen) atoms. The Balaban J connectivity index is 1.91. The Kier molecular flexibility index (Phi) is 6.24. The monoisotopic (exact) mass is 410 g/mol. The van der Waals surface area contributed by atoms with Gasteiger partial charge in [0.1, 0.15) is 11.2 Å². The number of aromatic nitrogens is 2. The third-order valence-corrected chi connectivity index (χ3v) is 5.25. The number of H-pyrrole nitrogens is 1. The fraction of sp³-hybridized carbons (Fsp3) is 0.455. The Labute approximate surface area is 176 Å². The Morgan fingerprint density at radius 3 is 2.83 bits per heavy atom. The normalized spacial score (nSPS) is 17.7. The van der Waals surface area contributed by atoms with E-state index in [0.29, 0.717) is 12.1 Å². The summed E-state index contributed by atoms with van der Waals surface area (Å²) < 4.78 is 5.54. The highest BCUT2D eigenvalue weighted by molar-refractivity contribution is 6.18. The van der Waals surface area contributed by atoms with Crippen LogP contribution in [0.3, 0.4) is 0 Å². The van der Waals surface area contributed by atoms with Crippen LogP contribution in [0.4, 0.5) is 10.5 Å². The van der Waals surface area contributed by atoms with Crippen molar-refractivity contribution in [3.8, 4) is 0 Å². The van der Waals surface area contributed by atoms with E-state index in [0.717, 1.165) is 41.7 Å². The molecule has 1 amide bonds. The topological polar surface area (TPSA) is 109 Å². The van der Waals surface area contributed by atoms with Gasteiger partial charge in [0.25, 0.3) is 0 Å². The predicted octanol–water partition coefficient (Wildman–Crippen LogP) is 4.08. The number of amides is 1. The van der Waals surface area contributed by atoms with E-state index in [-0.39, 0.29) is 12.1 Å². The van der Waals surface area contributed by atoms with E-state index in [2.05, 4.69) is 14.9 Å². The van der Waals surface area contributed by atoms with Gasteiger partial charge in [0, 0.05) is 67.2 Å². The van der Waals surface area contributed by atoms with Gasteiger partial charge in [0.15, 0.2) is 0 Å². The fourth-order valence-corrected chi connectivity index (χ4v) is 3.81. The number of ether oxygens (including phenoxy) is 1. The highest BCUT2D eigenvalue weighted by Gasteiger charge is 2.30. The molecule has 2 aromatic rings. The largest absolute Gasteiger partial charge is 0.444 e. The molecule has 8 nitrogen and oxygen atoms in total. The molecule has 0 spiro atoms. The average Bonchev–Trinajstić information content (AvgIpc) is 3.14. The van der Waals surface area contributed by atoms with Gasteiger partial charge >= 0.3 is 6.09 Å². The summed E-state index contributed by atoms with van der Waals surface area (Å²) in [5, 5.41) is 16.0. The molecule has 1 aliphatic rings. The van der Waals surface area contributed by atoms with Gasteiger partial charge in [-0.25, -0.2) is 9.78 Å². The van der Waals surface area contributed by atoms with Crippen LogP contribution in [0.5, 0.6) is 0 Å². The van der Waals surface area contributed by atoms with Crippen molar-refractivity contribution in [3.05, 3.63) is 30.1 Å². The van der Waals surface area contributed by atoms with E-state index < -0.39 is 5.60 Å². The summed E-state index contributed by atoms with van der Waals surface area (Å²) in [6.07, 6.45) is 9.19. The van der Waals surface area contributed by atoms with E-state index in [1.807, 2.05) is 33.0 Å². The molecule has 2 aromatic heterocycles. The number of nitrogens with zero attached hydrogens (tertiary/aromatic N) is 3. The van der Waals surface area contributed by atoms with Crippen LogP contribution in [0.2, 0.25) is 0 Å². The summed E-state index contributed by atoms with van der Waals surface area (Å²) in [4.78, 5) is 24.1. The maximum absolute atomic E-state index is 12.5. The van der Waals surface area contributed by atoms with Crippen molar-refractivity contribution in [2.75, 3.05) is 25.0 Å². The number of hydrogen-bond acceptors (Lipinski definition) is 6. The molecule has 1 aliphatic heterocycles. The molecular weight excluding hydrogens is 380 g/mol. The summed E-state index contributed by atoms with van der Waals surface area (Å²) in [6, 6.07) is 2.01. The van der Waals surface area contributed by atoms with Gasteiger partial charge in [-0.2, -0.15) is 0 Å². The minimum absolute atomic E-state index is 0.0403. The zero-order valence-electron chi connectivity index (χ0n) is 18.0. The van der Waals surface area contributed by atoms with Gasteiger partial charge in [-0.15, -0.1) is 0 Å². The lowest BCUT2D eigenvalue weighted by Gasteiger charge is -2.39. The van der Waals surface area contributed by atoms with Crippen LogP contribution in [0.15, 0.2) is 24.5 Å². The van der Waals surface area contributed by atoms with E-state index in [1.165, 1.54) is 12.4 Å². The molecule has 0 radical (unpaired) electrons. The van der Waals surface area contributed by atoms with Crippen molar-refractivity contribution in [1.82, 2.24) is 14.9 Å². The predicted molar refractivity (Wildman–Crippen MR) is 121 cm³/mol. The van der Waals surface area contributed by atoms with Gasteiger partial charge in [-0.3, -0.25) is 0 Å². The number of fused-ring (bicyclic) bond motifs is 1.